The zero-order chi connectivity index (χ0) is 17.0. The summed E-state index contributed by atoms with van der Waals surface area (Å²) in [6, 6.07) is 15.3. The van der Waals surface area contributed by atoms with E-state index in [2.05, 4.69) is 34.6 Å². The Morgan fingerprint density at radius 2 is 1.39 bits per heavy atom. The summed E-state index contributed by atoms with van der Waals surface area (Å²) >= 11 is 0. The van der Waals surface area contributed by atoms with Gasteiger partial charge in [0, 0.05) is 11.1 Å². The molecule has 0 aliphatic heterocycles. The van der Waals surface area contributed by atoms with E-state index in [1.54, 1.807) is 0 Å². The number of ether oxygens (including phenoxy) is 1. The quantitative estimate of drug-likeness (QED) is 0.705. The van der Waals surface area contributed by atoms with Crippen LogP contribution < -0.4 is 4.74 Å². The minimum Gasteiger partial charge on any atom is -0.493 e. The van der Waals surface area contributed by atoms with Crippen LogP contribution in [0.5, 0.6) is 5.75 Å². The van der Waals surface area contributed by atoms with Crippen molar-refractivity contribution in [1.29, 1.82) is 0 Å². The molecule has 0 radical (unpaired) electrons. The summed E-state index contributed by atoms with van der Waals surface area (Å²) in [5.41, 5.74) is 2.72. The van der Waals surface area contributed by atoms with Crippen LogP contribution in [0.1, 0.15) is 56.1 Å². The molecule has 0 aliphatic carbocycles. The van der Waals surface area contributed by atoms with Gasteiger partial charge in [0.05, 0.1) is 6.61 Å². The number of carbonyl (C=O) groups excluding carboxylic acids is 1. The van der Waals surface area contributed by atoms with E-state index >= 15 is 0 Å². The van der Waals surface area contributed by atoms with E-state index in [4.69, 9.17) is 4.74 Å². The zero-order valence-electron chi connectivity index (χ0n) is 14.7. The lowest BCUT2D eigenvalue weighted by molar-refractivity contribution is 0.103. The van der Waals surface area contributed by atoms with Crippen LogP contribution in [-0.4, -0.2) is 12.4 Å². The Bertz CT molecular complexity index is 644. The maximum absolute atomic E-state index is 12.5. The molecular formula is C21H26O2. The van der Waals surface area contributed by atoms with E-state index < -0.39 is 0 Å². The number of rotatable bonds is 5. The van der Waals surface area contributed by atoms with Gasteiger partial charge in [0.25, 0.3) is 0 Å². The monoisotopic (exact) mass is 310 g/mol. The Kier molecular flexibility index (Phi) is 5.25. The van der Waals surface area contributed by atoms with Crippen LogP contribution in [0, 0.1) is 5.92 Å². The first-order valence-corrected chi connectivity index (χ1v) is 8.15. The molecule has 0 amide bonds. The van der Waals surface area contributed by atoms with Crippen LogP contribution in [0.15, 0.2) is 48.5 Å². The molecule has 0 aromatic heterocycles. The van der Waals surface area contributed by atoms with Gasteiger partial charge in [-0.15, -0.1) is 0 Å². The van der Waals surface area contributed by atoms with Crippen molar-refractivity contribution in [2.24, 2.45) is 5.92 Å². The van der Waals surface area contributed by atoms with Crippen molar-refractivity contribution >= 4 is 5.78 Å². The molecule has 0 saturated carbocycles. The average molecular weight is 310 g/mol. The van der Waals surface area contributed by atoms with Gasteiger partial charge in [0.1, 0.15) is 5.75 Å². The lowest BCUT2D eigenvalue weighted by atomic mass is 9.86. The molecule has 2 heteroatoms. The number of benzene rings is 2. The van der Waals surface area contributed by atoms with Crippen LogP contribution in [0.4, 0.5) is 0 Å². The van der Waals surface area contributed by atoms with E-state index in [1.807, 2.05) is 48.5 Å². The fourth-order valence-corrected chi connectivity index (χ4v) is 2.25. The fourth-order valence-electron chi connectivity index (χ4n) is 2.25. The summed E-state index contributed by atoms with van der Waals surface area (Å²) in [7, 11) is 0. The Balaban J connectivity index is 2.11. The first kappa shape index (κ1) is 17.3. The molecule has 0 spiro atoms. The average Bonchev–Trinajstić information content (AvgIpc) is 2.52. The van der Waals surface area contributed by atoms with Gasteiger partial charge in [0.15, 0.2) is 5.78 Å². The summed E-state index contributed by atoms with van der Waals surface area (Å²) < 4.78 is 5.65. The Morgan fingerprint density at radius 1 is 0.913 bits per heavy atom. The maximum atomic E-state index is 12.5. The molecule has 0 atom stereocenters. The first-order chi connectivity index (χ1) is 10.8. The highest BCUT2D eigenvalue weighted by Gasteiger charge is 2.15. The first-order valence-electron chi connectivity index (χ1n) is 8.15. The van der Waals surface area contributed by atoms with Crippen molar-refractivity contribution in [3.05, 3.63) is 65.2 Å². The maximum Gasteiger partial charge on any atom is 0.193 e. The largest absolute Gasteiger partial charge is 0.493 e. The number of carbonyl (C=O) groups is 1. The molecule has 23 heavy (non-hydrogen) atoms. The Labute approximate surface area is 139 Å². The summed E-state index contributed by atoms with van der Waals surface area (Å²) in [4.78, 5) is 12.5. The Hall–Kier alpha value is -2.09. The SMILES string of the molecule is CC(C)COc1ccc(C(=O)c2ccc(C(C)(C)C)cc2)cc1. The molecule has 2 aromatic rings. The molecule has 0 N–H and O–H groups in total. The van der Waals surface area contributed by atoms with Crippen LogP contribution in [0.25, 0.3) is 0 Å². The van der Waals surface area contributed by atoms with Crippen molar-refractivity contribution in [3.8, 4) is 5.75 Å². The lowest BCUT2D eigenvalue weighted by Crippen LogP contribution is -2.11. The predicted molar refractivity (Wildman–Crippen MR) is 95.3 cm³/mol. The highest BCUT2D eigenvalue weighted by Crippen LogP contribution is 2.23. The van der Waals surface area contributed by atoms with Gasteiger partial charge >= 0.3 is 0 Å². The number of hydrogen-bond acceptors (Lipinski definition) is 2. The summed E-state index contributed by atoms with van der Waals surface area (Å²) in [6.07, 6.45) is 0. The van der Waals surface area contributed by atoms with Crippen molar-refractivity contribution in [3.63, 3.8) is 0 Å². The van der Waals surface area contributed by atoms with Gasteiger partial charge in [-0.2, -0.15) is 0 Å². The van der Waals surface area contributed by atoms with Crippen molar-refractivity contribution in [2.75, 3.05) is 6.61 Å². The smallest absolute Gasteiger partial charge is 0.193 e. The van der Waals surface area contributed by atoms with Gasteiger partial charge in [-0.25, -0.2) is 0 Å². The van der Waals surface area contributed by atoms with Crippen LogP contribution in [0.2, 0.25) is 0 Å². The number of hydrogen-bond donors (Lipinski definition) is 0. The predicted octanol–water partition coefficient (Wildman–Crippen LogP) is 5.25. The van der Waals surface area contributed by atoms with Crippen molar-refractivity contribution < 1.29 is 9.53 Å². The normalized spacial score (nSPS) is 11.6. The molecule has 2 nitrogen and oxygen atoms in total. The number of ketones is 1. The summed E-state index contributed by atoms with van der Waals surface area (Å²) in [5.74, 6) is 1.33. The molecule has 2 aromatic carbocycles. The second kappa shape index (κ2) is 6.99. The molecule has 0 heterocycles. The van der Waals surface area contributed by atoms with Crippen molar-refractivity contribution in [1.82, 2.24) is 0 Å². The molecule has 0 unspecified atom stereocenters. The molecule has 2 rings (SSSR count). The molecule has 0 saturated heterocycles. The van der Waals surface area contributed by atoms with Gasteiger partial charge < -0.3 is 4.74 Å². The van der Waals surface area contributed by atoms with Crippen molar-refractivity contribution in [2.45, 2.75) is 40.0 Å². The van der Waals surface area contributed by atoms with E-state index in [1.165, 1.54) is 5.56 Å². The standard InChI is InChI=1S/C21H26O2/c1-15(2)14-23-19-12-8-17(9-13-19)20(22)16-6-10-18(11-7-16)21(3,4)5/h6-13,15H,14H2,1-5H3. The fraction of sp³-hybridized carbons (Fsp3) is 0.381. The third-order valence-electron chi connectivity index (χ3n) is 3.71. The minimum atomic E-state index is 0.0425. The topological polar surface area (TPSA) is 26.3 Å². The molecular weight excluding hydrogens is 284 g/mol. The molecule has 0 aliphatic rings. The highest BCUT2D eigenvalue weighted by molar-refractivity contribution is 6.09. The van der Waals surface area contributed by atoms with Crippen LogP contribution >= 0.6 is 0 Å². The summed E-state index contributed by atoms with van der Waals surface area (Å²) in [5, 5.41) is 0. The second-order valence-electron chi connectivity index (χ2n) is 7.39. The Morgan fingerprint density at radius 3 is 1.83 bits per heavy atom. The van der Waals surface area contributed by atoms with Gasteiger partial charge in [0.2, 0.25) is 0 Å². The van der Waals surface area contributed by atoms with E-state index in [0.717, 1.165) is 5.75 Å². The third-order valence-corrected chi connectivity index (χ3v) is 3.71. The molecule has 122 valence electrons. The van der Waals surface area contributed by atoms with Crippen LogP contribution in [0.3, 0.4) is 0 Å². The van der Waals surface area contributed by atoms with E-state index in [-0.39, 0.29) is 11.2 Å². The van der Waals surface area contributed by atoms with Gasteiger partial charge in [-0.1, -0.05) is 58.9 Å². The summed E-state index contributed by atoms with van der Waals surface area (Å²) in [6.45, 7) is 11.4. The van der Waals surface area contributed by atoms with E-state index in [0.29, 0.717) is 23.7 Å². The third kappa shape index (κ3) is 4.69. The minimum absolute atomic E-state index is 0.0425. The highest BCUT2D eigenvalue weighted by atomic mass is 16.5. The lowest BCUT2D eigenvalue weighted by Gasteiger charge is -2.19. The molecule has 0 fully saturated rings. The van der Waals surface area contributed by atoms with Gasteiger partial charge in [-0.05, 0) is 41.2 Å². The second-order valence-corrected chi connectivity index (χ2v) is 7.39. The molecule has 0 bridgehead atoms. The van der Waals surface area contributed by atoms with Crippen LogP contribution in [-0.2, 0) is 5.41 Å². The van der Waals surface area contributed by atoms with E-state index in [9.17, 15) is 4.79 Å². The zero-order valence-corrected chi connectivity index (χ0v) is 14.7. The van der Waals surface area contributed by atoms with Gasteiger partial charge in [-0.3, -0.25) is 4.79 Å².